The number of aliphatic hydroxyl groups is 1. The number of guanidine groups is 2. The highest BCUT2D eigenvalue weighted by Gasteiger charge is 2.36. The number of aliphatic imine (C=N–C) groups is 2. The minimum Gasteiger partial charge on any atom is -0.481 e. The minimum atomic E-state index is -1.66. The Labute approximate surface area is 426 Å². The number of carboxylic acid groups (broad SMARTS) is 1. The number of nitrogens with zero attached hydrogens (tertiary/aromatic N) is 2. The maximum atomic E-state index is 14.1. The third-order valence-electron chi connectivity index (χ3n) is 11.9. The summed E-state index contributed by atoms with van der Waals surface area (Å²) in [6, 6.07) is -4.19. The van der Waals surface area contributed by atoms with Gasteiger partial charge in [-0.2, -0.15) is 0 Å². The number of carboxylic acids is 1. The van der Waals surface area contributed by atoms with E-state index in [9.17, 15) is 63.0 Å². The fourth-order valence-electron chi connectivity index (χ4n) is 7.61. The number of carbonyl (C=O) groups is 11. The molecular weight excluding hydrogens is 955 g/mol. The van der Waals surface area contributed by atoms with Crippen LogP contribution in [0.1, 0.15) is 131 Å². The minimum absolute atomic E-state index is 0.0133. The summed E-state index contributed by atoms with van der Waals surface area (Å²) < 4.78 is 0. The maximum absolute atomic E-state index is 14.1. The van der Waals surface area contributed by atoms with Crippen LogP contribution in [-0.2, 0) is 52.7 Å². The van der Waals surface area contributed by atoms with Gasteiger partial charge in [0.15, 0.2) is 35.1 Å². The Hall–Kier alpha value is -6.57. The molecule has 73 heavy (non-hydrogen) atoms. The SMILES string of the molecule is CC(C)C[C@H](NC(=O)[C@@H](C)CCCCN)C(=O)C[C@@H](CCCN=C(N)N)C(=O)N[C@@H](CCC(=O)O)C(=O)C[C@H](C(=O)N[C@@H](CC(N)=O)C(=O)C[C@@H](C)C(=O)NCC(=O)C[C@@H](CCCN=C(N)N)C(N)=O)[C@@H](C)O. The second-order valence-electron chi connectivity index (χ2n) is 19.0. The normalized spacial score (nSPS) is 14.8. The number of carbonyl (C=O) groups excluding carboxylic acids is 10. The van der Waals surface area contributed by atoms with Crippen molar-refractivity contribution in [3.05, 3.63) is 0 Å². The number of aliphatic carboxylic acids is 1. The molecule has 9 atom stereocenters. The van der Waals surface area contributed by atoms with E-state index in [4.69, 9.17) is 40.1 Å². The van der Waals surface area contributed by atoms with E-state index in [1.807, 2.05) is 13.8 Å². The fraction of sp³-hybridized carbons (Fsp3) is 0.723. The lowest BCUT2D eigenvalue weighted by Crippen LogP contribution is -2.50. The molecule has 0 radical (unpaired) electrons. The first-order chi connectivity index (χ1) is 34.1. The molecule has 0 fully saturated rings. The Morgan fingerprint density at radius 2 is 1.07 bits per heavy atom. The average Bonchev–Trinajstić information content (AvgIpc) is 3.28. The average molecular weight is 1040 g/mol. The third kappa shape index (κ3) is 29.5. The fourth-order valence-corrected chi connectivity index (χ4v) is 7.61. The monoisotopic (exact) mass is 1040 g/mol. The van der Waals surface area contributed by atoms with Gasteiger partial charge in [-0.1, -0.05) is 34.1 Å². The van der Waals surface area contributed by atoms with Crippen molar-refractivity contribution in [2.75, 3.05) is 26.2 Å². The molecule has 0 aromatic rings. The summed E-state index contributed by atoms with van der Waals surface area (Å²) >= 11 is 0. The van der Waals surface area contributed by atoms with Crippen LogP contribution in [0.2, 0.25) is 0 Å². The lowest BCUT2D eigenvalue weighted by Gasteiger charge is -2.27. The molecule has 20 N–H and O–H groups in total. The van der Waals surface area contributed by atoms with Crippen LogP contribution in [0.15, 0.2) is 9.98 Å². The molecule has 0 unspecified atom stereocenters. The molecule has 0 bridgehead atoms. The molecule has 0 spiro atoms. The molecule has 26 nitrogen and oxygen atoms in total. The second-order valence-corrected chi connectivity index (χ2v) is 19.0. The van der Waals surface area contributed by atoms with Gasteiger partial charge in [-0.3, -0.25) is 62.7 Å². The van der Waals surface area contributed by atoms with Crippen LogP contribution in [0.4, 0.5) is 0 Å². The highest BCUT2D eigenvalue weighted by atomic mass is 16.4. The summed E-state index contributed by atoms with van der Waals surface area (Å²) in [5.74, 6) is -14.5. The summed E-state index contributed by atoms with van der Waals surface area (Å²) in [5, 5.41) is 30.3. The van der Waals surface area contributed by atoms with Crippen molar-refractivity contribution >= 4 is 76.5 Å². The molecule has 26 heteroatoms. The molecule has 0 aliphatic heterocycles. The Morgan fingerprint density at radius 3 is 1.58 bits per heavy atom. The molecule has 6 amide bonds. The predicted molar refractivity (Wildman–Crippen MR) is 270 cm³/mol. The van der Waals surface area contributed by atoms with E-state index < -0.39 is 158 Å². The van der Waals surface area contributed by atoms with Gasteiger partial charge in [0.25, 0.3) is 0 Å². The Morgan fingerprint density at radius 1 is 0.534 bits per heavy atom. The van der Waals surface area contributed by atoms with Crippen molar-refractivity contribution in [2.24, 2.45) is 85.6 Å². The van der Waals surface area contributed by atoms with E-state index in [0.717, 1.165) is 13.3 Å². The number of primary amides is 2. The molecule has 0 aromatic heterocycles. The van der Waals surface area contributed by atoms with E-state index in [2.05, 4.69) is 31.3 Å². The maximum Gasteiger partial charge on any atom is 0.303 e. The number of aliphatic hydroxyl groups excluding tert-OH is 1. The first-order valence-electron chi connectivity index (χ1n) is 24.7. The molecule has 414 valence electrons. The zero-order valence-electron chi connectivity index (χ0n) is 43.0. The highest BCUT2D eigenvalue weighted by molar-refractivity contribution is 5.99. The van der Waals surface area contributed by atoms with Gasteiger partial charge in [0.05, 0.1) is 43.1 Å². The molecule has 0 saturated heterocycles. The largest absolute Gasteiger partial charge is 0.481 e. The number of hydrogen-bond acceptors (Lipinski definition) is 15. The summed E-state index contributed by atoms with van der Waals surface area (Å²) in [5.41, 5.74) is 37.9. The predicted octanol–water partition coefficient (Wildman–Crippen LogP) is -2.60. The van der Waals surface area contributed by atoms with Crippen LogP contribution >= 0.6 is 0 Å². The first-order valence-corrected chi connectivity index (χ1v) is 24.7. The first kappa shape index (κ1) is 66.4. The number of unbranched alkanes of at least 4 members (excludes halogenated alkanes) is 1. The summed E-state index contributed by atoms with van der Waals surface area (Å²) in [6.07, 6.45) is -2.59. The van der Waals surface area contributed by atoms with Crippen LogP contribution in [0.3, 0.4) is 0 Å². The molecule has 0 aromatic carbocycles. The van der Waals surface area contributed by atoms with Crippen molar-refractivity contribution in [1.82, 2.24) is 21.3 Å². The zero-order valence-corrected chi connectivity index (χ0v) is 43.0. The van der Waals surface area contributed by atoms with Gasteiger partial charge in [0, 0.05) is 68.9 Å². The second kappa shape index (κ2) is 35.5. The number of nitrogens with two attached hydrogens (primary N) is 7. The number of amides is 6. The van der Waals surface area contributed by atoms with Crippen molar-refractivity contribution in [1.29, 1.82) is 0 Å². The van der Waals surface area contributed by atoms with Gasteiger partial charge < -0.3 is 71.6 Å². The molecule has 0 saturated carbocycles. The van der Waals surface area contributed by atoms with Gasteiger partial charge >= 0.3 is 5.97 Å². The Bertz CT molecular complexity index is 1940. The quantitative estimate of drug-likeness (QED) is 0.0170. The van der Waals surface area contributed by atoms with Gasteiger partial charge in [0.2, 0.25) is 35.4 Å². The Balaban J connectivity index is 6.32. The van der Waals surface area contributed by atoms with Gasteiger partial charge in [-0.05, 0) is 70.8 Å². The van der Waals surface area contributed by atoms with Crippen molar-refractivity contribution in [3.63, 3.8) is 0 Å². The third-order valence-corrected chi connectivity index (χ3v) is 11.9. The summed E-state index contributed by atoms with van der Waals surface area (Å²) in [4.78, 5) is 151. The number of Topliss-reactive ketones (excluding diaryl/α,β-unsaturated/α-hetero) is 4. The molecule has 0 aliphatic rings. The van der Waals surface area contributed by atoms with Crippen LogP contribution in [-0.4, -0.2) is 137 Å². The highest BCUT2D eigenvalue weighted by Crippen LogP contribution is 2.21. The van der Waals surface area contributed by atoms with Gasteiger partial charge in [-0.25, -0.2) is 0 Å². The number of nitrogens with one attached hydrogen (secondary N) is 4. The standard InChI is InChI=1S/C47H83N13O13/c1-25(2)18-34(59-43(71)26(3)10-6-7-15-48)37(64)21-30(12-9-17-56-47(53)54)44(72)58-33(13-14-40(67)68)38(65)22-32(28(5)61)45(73)60-35(23-39(49)66)36(63)19-27(4)42(70)57-24-31(62)20-29(41(50)69)11-8-16-55-46(51)52/h25-30,32-35,61H,6-24,48H2,1-5H3,(H2,49,66)(H2,50,69)(H,57,70)(H,58,72)(H,59,71)(H,60,73)(H,67,68)(H4,51,52,55)(H4,53,54,56)/t26-,27+,28+,29+,30+,32-,33-,34-,35-/m0/s1. The lowest BCUT2D eigenvalue weighted by molar-refractivity contribution is -0.140. The Kier molecular flexibility index (Phi) is 32.3. The smallest absolute Gasteiger partial charge is 0.303 e. The van der Waals surface area contributed by atoms with Gasteiger partial charge in [0.1, 0.15) is 0 Å². The van der Waals surface area contributed by atoms with Crippen molar-refractivity contribution in [2.45, 2.75) is 155 Å². The number of rotatable bonds is 41. The number of hydrogen-bond donors (Lipinski definition) is 13. The number of ketones is 4. The molecular formula is C47H83N13O13. The van der Waals surface area contributed by atoms with Crippen LogP contribution in [0, 0.1) is 35.5 Å². The van der Waals surface area contributed by atoms with Crippen LogP contribution in [0.25, 0.3) is 0 Å². The van der Waals surface area contributed by atoms with Crippen LogP contribution < -0.4 is 61.4 Å². The van der Waals surface area contributed by atoms with Gasteiger partial charge in [-0.15, -0.1) is 0 Å². The topological polar surface area (TPSA) is 483 Å². The van der Waals surface area contributed by atoms with E-state index >= 15 is 0 Å². The van der Waals surface area contributed by atoms with E-state index in [1.54, 1.807) is 6.92 Å². The lowest BCUT2D eigenvalue weighted by atomic mass is 9.88. The zero-order chi connectivity index (χ0) is 56.0. The van der Waals surface area contributed by atoms with E-state index in [-0.39, 0.29) is 68.9 Å². The van der Waals surface area contributed by atoms with Crippen molar-refractivity contribution in [3.8, 4) is 0 Å². The van der Waals surface area contributed by atoms with Crippen LogP contribution in [0.5, 0.6) is 0 Å². The molecule has 0 aliphatic carbocycles. The molecule has 0 heterocycles. The van der Waals surface area contributed by atoms with Crippen molar-refractivity contribution < 1.29 is 63.0 Å². The summed E-state index contributed by atoms with van der Waals surface area (Å²) in [7, 11) is 0. The molecule has 0 rings (SSSR count). The summed E-state index contributed by atoms with van der Waals surface area (Å²) in [6.45, 7) is 8.15. The van der Waals surface area contributed by atoms with E-state index in [0.29, 0.717) is 25.8 Å². The van der Waals surface area contributed by atoms with E-state index in [1.165, 1.54) is 6.92 Å².